The second-order valence-electron chi connectivity index (χ2n) is 8.50. The van der Waals surface area contributed by atoms with Gasteiger partial charge in [-0.05, 0) is 48.2 Å². The van der Waals surface area contributed by atoms with Crippen molar-refractivity contribution >= 4 is 15.9 Å². The molecule has 1 fully saturated rings. The summed E-state index contributed by atoms with van der Waals surface area (Å²) in [4.78, 5) is 13.3. The van der Waals surface area contributed by atoms with Gasteiger partial charge >= 0.3 is 0 Å². The minimum Gasteiger partial charge on any atom is -0.497 e. The summed E-state index contributed by atoms with van der Waals surface area (Å²) in [5.41, 5.74) is 2.25. The molecule has 178 valence electrons. The van der Waals surface area contributed by atoms with E-state index >= 15 is 0 Å². The van der Waals surface area contributed by atoms with Gasteiger partial charge in [0.1, 0.15) is 5.75 Å². The van der Waals surface area contributed by atoms with Crippen LogP contribution in [0.25, 0.3) is 0 Å². The van der Waals surface area contributed by atoms with Crippen LogP contribution in [-0.4, -0.2) is 45.4 Å². The highest BCUT2D eigenvalue weighted by Crippen LogP contribution is 2.27. The molecule has 0 bridgehead atoms. The fraction of sp³-hybridized carbons (Fsp3) is 0.296. The maximum absolute atomic E-state index is 13.1. The topological polar surface area (TPSA) is 75.7 Å². The van der Waals surface area contributed by atoms with Crippen LogP contribution in [0.1, 0.15) is 29.9 Å². The average Bonchev–Trinajstić information content (AvgIpc) is 2.90. The number of amides is 1. The molecule has 1 aliphatic rings. The van der Waals surface area contributed by atoms with Crippen molar-refractivity contribution in [1.29, 1.82) is 0 Å². The highest BCUT2D eigenvalue weighted by atomic mass is 32.2. The number of hydrogen-bond donors (Lipinski definition) is 1. The maximum Gasteiger partial charge on any atom is 0.243 e. The molecule has 1 unspecified atom stereocenters. The Morgan fingerprint density at radius 2 is 1.56 bits per heavy atom. The van der Waals surface area contributed by atoms with Crippen molar-refractivity contribution in [2.24, 2.45) is 5.92 Å². The molecule has 0 spiro atoms. The lowest BCUT2D eigenvalue weighted by atomic mass is 9.91. The van der Waals surface area contributed by atoms with Gasteiger partial charge in [-0.1, -0.05) is 60.7 Å². The maximum atomic E-state index is 13.1. The Kier molecular flexibility index (Phi) is 7.65. The number of hydrogen-bond acceptors (Lipinski definition) is 4. The lowest BCUT2D eigenvalue weighted by Crippen LogP contribution is -2.46. The van der Waals surface area contributed by atoms with Crippen LogP contribution in [0.3, 0.4) is 0 Å². The zero-order chi connectivity index (χ0) is 24.0. The summed E-state index contributed by atoms with van der Waals surface area (Å²) in [6.45, 7) is 1.05. The molecule has 1 aliphatic heterocycles. The normalized spacial score (nSPS) is 16.8. The molecule has 1 N–H and O–H groups in total. The van der Waals surface area contributed by atoms with Gasteiger partial charge in [0.25, 0.3) is 0 Å². The summed E-state index contributed by atoms with van der Waals surface area (Å²) >= 11 is 0. The highest BCUT2D eigenvalue weighted by Gasteiger charge is 2.33. The van der Waals surface area contributed by atoms with E-state index in [0.717, 1.165) is 11.1 Å². The van der Waals surface area contributed by atoms with Crippen molar-refractivity contribution in [3.05, 3.63) is 96.1 Å². The molecule has 1 amide bonds. The zero-order valence-corrected chi connectivity index (χ0v) is 20.1. The van der Waals surface area contributed by atoms with E-state index in [4.69, 9.17) is 4.74 Å². The quantitative estimate of drug-likeness (QED) is 0.530. The van der Waals surface area contributed by atoms with Crippen molar-refractivity contribution in [3.63, 3.8) is 0 Å². The third-order valence-corrected chi connectivity index (χ3v) is 8.22. The molecule has 0 aromatic heterocycles. The molecule has 3 aromatic rings. The summed E-state index contributed by atoms with van der Waals surface area (Å²) < 4.78 is 32.8. The summed E-state index contributed by atoms with van der Waals surface area (Å²) in [6.07, 6.45) is 1.32. The fourth-order valence-corrected chi connectivity index (χ4v) is 5.94. The lowest BCUT2D eigenvalue weighted by Gasteiger charge is -2.31. The number of rotatable bonds is 8. The highest BCUT2D eigenvalue weighted by molar-refractivity contribution is 7.89. The lowest BCUT2D eigenvalue weighted by molar-refractivity contribution is -0.126. The Balaban J connectivity index is 1.44. The van der Waals surface area contributed by atoms with Gasteiger partial charge in [-0.25, -0.2) is 8.42 Å². The zero-order valence-electron chi connectivity index (χ0n) is 19.3. The monoisotopic (exact) mass is 478 g/mol. The van der Waals surface area contributed by atoms with Gasteiger partial charge in [-0.3, -0.25) is 4.79 Å². The average molecular weight is 479 g/mol. The van der Waals surface area contributed by atoms with Crippen LogP contribution in [0, 0.1) is 5.92 Å². The van der Waals surface area contributed by atoms with Crippen molar-refractivity contribution in [2.45, 2.75) is 23.7 Å². The number of piperidine rings is 1. The molecule has 4 rings (SSSR count). The molecule has 0 radical (unpaired) electrons. The first kappa shape index (κ1) is 24.0. The van der Waals surface area contributed by atoms with E-state index in [1.165, 1.54) is 11.4 Å². The Morgan fingerprint density at radius 1 is 0.971 bits per heavy atom. The number of nitrogens with zero attached hydrogens (tertiary/aromatic N) is 1. The van der Waals surface area contributed by atoms with Crippen molar-refractivity contribution in [1.82, 2.24) is 9.62 Å². The molecule has 1 atom stereocenters. The Bertz CT molecular complexity index is 1140. The third kappa shape index (κ3) is 5.48. The second kappa shape index (κ2) is 10.8. The van der Waals surface area contributed by atoms with E-state index in [2.05, 4.69) is 29.6 Å². The minimum atomic E-state index is -3.67. The largest absolute Gasteiger partial charge is 0.497 e. The first-order chi connectivity index (χ1) is 16.5. The van der Waals surface area contributed by atoms with Crippen LogP contribution in [-0.2, 0) is 14.8 Å². The molecular formula is C27H30N2O4S. The van der Waals surface area contributed by atoms with Crippen LogP contribution >= 0.6 is 0 Å². The molecule has 1 heterocycles. The van der Waals surface area contributed by atoms with Gasteiger partial charge in [0, 0.05) is 25.6 Å². The summed E-state index contributed by atoms with van der Waals surface area (Å²) in [6, 6.07) is 26.5. The smallest absolute Gasteiger partial charge is 0.243 e. The van der Waals surface area contributed by atoms with E-state index in [-0.39, 0.29) is 29.2 Å². The molecule has 6 nitrogen and oxygen atoms in total. The van der Waals surface area contributed by atoms with Gasteiger partial charge < -0.3 is 10.1 Å². The minimum absolute atomic E-state index is 0.0223. The molecule has 0 saturated carbocycles. The Hall–Kier alpha value is -3.16. The predicted octanol–water partition coefficient (Wildman–Crippen LogP) is 4.04. The number of carbonyl (C=O) groups is 1. The fourth-order valence-electron chi connectivity index (χ4n) is 4.42. The molecule has 1 saturated heterocycles. The number of ether oxygens (including phenoxy) is 1. The second-order valence-corrected chi connectivity index (χ2v) is 10.4. The predicted molar refractivity (Wildman–Crippen MR) is 132 cm³/mol. The molecule has 3 aromatic carbocycles. The molecule has 0 aliphatic carbocycles. The van der Waals surface area contributed by atoms with Gasteiger partial charge in [-0.2, -0.15) is 4.31 Å². The van der Waals surface area contributed by atoms with Crippen LogP contribution in [0.5, 0.6) is 5.75 Å². The Labute approximate surface area is 201 Å². The van der Waals surface area contributed by atoms with Crippen LogP contribution in [0.4, 0.5) is 0 Å². The van der Waals surface area contributed by atoms with E-state index in [0.29, 0.717) is 31.7 Å². The summed E-state index contributed by atoms with van der Waals surface area (Å²) in [5, 5.41) is 3.10. The number of nitrogens with one attached hydrogen (secondary N) is 1. The van der Waals surface area contributed by atoms with Crippen LogP contribution < -0.4 is 10.1 Å². The van der Waals surface area contributed by atoms with Gasteiger partial charge in [0.05, 0.1) is 17.9 Å². The number of carbonyl (C=O) groups excluding carboxylic acids is 1. The molecule has 7 heteroatoms. The van der Waals surface area contributed by atoms with Crippen molar-refractivity contribution in [2.75, 3.05) is 26.7 Å². The SMILES string of the molecule is COc1ccc(S(=O)(=O)N2CCCC(C(=O)NCC(c3ccccc3)c3ccccc3)C2)cc1. The van der Waals surface area contributed by atoms with E-state index in [9.17, 15) is 13.2 Å². The number of methoxy groups -OCH3 is 1. The van der Waals surface area contributed by atoms with Crippen LogP contribution in [0.15, 0.2) is 89.8 Å². The van der Waals surface area contributed by atoms with E-state index < -0.39 is 10.0 Å². The van der Waals surface area contributed by atoms with Gasteiger partial charge in [0.2, 0.25) is 15.9 Å². The number of sulfonamides is 1. The molecule has 34 heavy (non-hydrogen) atoms. The number of benzene rings is 3. The third-order valence-electron chi connectivity index (χ3n) is 6.34. The van der Waals surface area contributed by atoms with Gasteiger partial charge in [-0.15, -0.1) is 0 Å². The first-order valence-corrected chi connectivity index (χ1v) is 12.9. The standard InChI is InChI=1S/C27H30N2O4S/c1-33-24-14-16-25(17-15-24)34(31,32)29-18-8-13-23(20-29)27(30)28-19-26(21-9-4-2-5-10-21)22-11-6-3-7-12-22/h2-7,9-12,14-17,23,26H,8,13,18-20H2,1H3,(H,28,30). The van der Waals surface area contributed by atoms with E-state index in [1.807, 2.05) is 36.4 Å². The van der Waals surface area contributed by atoms with E-state index in [1.54, 1.807) is 24.3 Å². The first-order valence-electron chi connectivity index (χ1n) is 11.5. The molecular weight excluding hydrogens is 448 g/mol. The Morgan fingerprint density at radius 3 is 2.12 bits per heavy atom. The van der Waals surface area contributed by atoms with Crippen molar-refractivity contribution < 1.29 is 17.9 Å². The summed E-state index contributed by atoms with van der Waals surface area (Å²) in [5.74, 6) is 0.135. The van der Waals surface area contributed by atoms with Gasteiger partial charge in [0.15, 0.2) is 0 Å². The van der Waals surface area contributed by atoms with Crippen LogP contribution in [0.2, 0.25) is 0 Å². The van der Waals surface area contributed by atoms with Crippen molar-refractivity contribution in [3.8, 4) is 5.75 Å². The summed E-state index contributed by atoms with van der Waals surface area (Å²) in [7, 11) is -2.13.